The van der Waals surface area contributed by atoms with E-state index in [2.05, 4.69) is 19.1 Å². The van der Waals surface area contributed by atoms with Crippen LogP contribution in [0, 0.1) is 5.82 Å². The van der Waals surface area contributed by atoms with Crippen molar-refractivity contribution in [2.75, 3.05) is 6.61 Å². The molecule has 2 aromatic carbocycles. The fraction of sp³-hybridized carbons (Fsp3) is 0.211. The summed E-state index contributed by atoms with van der Waals surface area (Å²) in [6.45, 7) is 2.59. The molecule has 0 aliphatic carbocycles. The Kier molecular flexibility index (Phi) is 5.23. The molecular weight excluding hydrogens is 323 g/mol. The monoisotopic (exact) mass is 342 g/mol. The summed E-state index contributed by atoms with van der Waals surface area (Å²) < 4.78 is 15.1. The number of aryl methyl sites for hydroxylation is 1. The second-order valence-electron chi connectivity index (χ2n) is 5.42. The van der Waals surface area contributed by atoms with Gasteiger partial charge in [-0.1, -0.05) is 19.1 Å². The fourth-order valence-electron chi connectivity index (χ4n) is 2.50. The molecule has 0 unspecified atom stereocenters. The number of aliphatic hydroxyl groups excluding tert-OH is 1. The van der Waals surface area contributed by atoms with Gasteiger partial charge in [-0.3, -0.25) is 0 Å². The van der Waals surface area contributed by atoms with E-state index in [9.17, 15) is 9.50 Å². The topological polar surface area (TPSA) is 37.5 Å². The van der Waals surface area contributed by atoms with Crippen LogP contribution in [0.3, 0.4) is 0 Å². The predicted molar refractivity (Wildman–Crippen MR) is 95.8 cm³/mol. The van der Waals surface area contributed by atoms with Crippen molar-refractivity contribution in [3.05, 3.63) is 70.1 Å². The van der Waals surface area contributed by atoms with E-state index in [1.165, 1.54) is 29.0 Å². The third-order valence-electron chi connectivity index (χ3n) is 3.83. The lowest BCUT2D eigenvalue weighted by molar-refractivity contribution is 0.275. The quantitative estimate of drug-likeness (QED) is 0.743. The molecule has 124 valence electrons. The Morgan fingerprint density at radius 2 is 1.79 bits per heavy atom. The van der Waals surface area contributed by atoms with E-state index in [1.807, 2.05) is 22.1 Å². The van der Waals surface area contributed by atoms with Gasteiger partial charge in [0.25, 0.3) is 0 Å². The minimum Gasteiger partial charge on any atom is -0.395 e. The minimum absolute atomic E-state index is 0.0207. The second kappa shape index (κ2) is 7.55. The maximum Gasteiger partial charge on any atom is 0.190 e. The van der Waals surface area contributed by atoms with Crippen LogP contribution in [0.15, 0.2) is 58.9 Å². The Morgan fingerprint density at radius 3 is 2.42 bits per heavy atom. The molecule has 0 fully saturated rings. The lowest BCUT2D eigenvalue weighted by Crippen LogP contribution is -2.17. The zero-order valence-corrected chi connectivity index (χ0v) is 14.3. The van der Waals surface area contributed by atoms with Gasteiger partial charge < -0.3 is 9.67 Å². The molecule has 3 aromatic rings. The third-order valence-corrected chi connectivity index (χ3v) is 4.69. The van der Waals surface area contributed by atoms with Gasteiger partial charge in [0, 0.05) is 11.9 Å². The number of aromatic nitrogens is 1. The lowest BCUT2D eigenvalue weighted by atomic mass is 10.1. The Balaban J connectivity index is 2.04. The summed E-state index contributed by atoms with van der Waals surface area (Å²) in [5, 5.41) is 11.4. The highest BCUT2D eigenvalue weighted by Gasteiger charge is 2.08. The lowest BCUT2D eigenvalue weighted by Gasteiger charge is -2.07. The van der Waals surface area contributed by atoms with Crippen molar-refractivity contribution in [1.82, 2.24) is 4.57 Å². The average Bonchev–Trinajstić information content (AvgIpc) is 2.99. The van der Waals surface area contributed by atoms with Crippen molar-refractivity contribution in [3.8, 4) is 11.3 Å². The number of nitrogens with zero attached hydrogens (tertiary/aromatic N) is 2. The molecular formula is C19H19FN2OS. The Morgan fingerprint density at radius 1 is 1.08 bits per heavy atom. The number of halogens is 1. The summed E-state index contributed by atoms with van der Waals surface area (Å²) in [6.07, 6.45) is 0.999. The molecule has 1 N–H and O–H groups in total. The van der Waals surface area contributed by atoms with E-state index in [4.69, 9.17) is 4.99 Å². The van der Waals surface area contributed by atoms with Crippen LogP contribution >= 0.6 is 11.3 Å². The molecule has 0 atom stereocenters. The Labute approximate surface area is 144 Å². The average molecular weight is 342 g/mol. The van der Waals surface area contributed by atoms with Gasteiger partial charge >= 0.3 is 0 Å². The van der Waals surface area contributed by atoms with Crippen LogP contribution < -0.4 is 4.80 Å². The van der Waals surface area contributed by atoms with Crippen LogP contribution in [0.4, 0.5) is 10.1 Å². The maximum atomic E-state index is 13.1. The SMILES string of the molecule is CCc1ccc(N=c2scc(-c3ccc(F)cc3)n2CCO)cc1. The highest BCUT2D eigenvalue weighted by Crippen LogP contribution is 2.21. The van der Waals surface area contributed by atoms with Gasteiger partial charge in [0.1, 0.15) is 5.82 Å². The van der Waals surface area contributed by atoms with Gasteiger partial charge in [-0.15, -0.1) is 11.3 Å². The van der Waals surface area contributed by atoms with Crippen molar-refractivity contribution in [2.45, 2.75) is 19.9 Å². The number of rotatable bonds is 5. The van der Waals surface area contributed by atoms with Gasteiger partial charge in [-0.05, 0) is 53.9 Å². The van der Waals surface area contributed by atoms with Gasteiger partial charge in [0.05, 0.1) is 18.0 Å². The molecule has 0 aliphatic heterocycles. The molecule has 3 nitrogen and oxygen atoms in total. The van der Waals surface area contributed by atoms with Gasteiger partial charge in [0.15, 0.2) is 4.80 Å². The summed E-state index contributed by atoms with van der Waals surface area (Å²) in [7, 11) is 0. The predicted octanol–water partition coefficient (Wildman–Crippen LogP) is 4.14. The van der Waals surface area contributed by atoms with E-state index in [0.29, 0.717) is 6.54 Å². The van der Waals surface area contributed by atoms with E-state index < -0.39 is 0 Å². The Bertz CT molecular complexity index is 864. The second-order valence-corrected chi connectivity index (χ2v) is 6.25. The number of hydrogen-bond donors (Lipinski definition) is 1. The van der Waals surface area contributed by atoms with Crippen LogP contribution in [0.2, 0.25) is 0 Å². The van der Waals surface area contributed by atoms with Gasteiger partial charge in [-0.2, -0.15) is 0 Å². The van der Waals surface area contributed by atoms with Crippen LogP contribution in [0.5, 0.6) is 0 Å². The normalized spacial score (nSPS) is 11.9. The van der Waals surface area contributed by atoms with E-state index >= 15 is 0 Å². The smallest absolute Gasteiger partial charge is 0.190 e. The standard InChI is InChI=1S/C19H19FN2OS/c1-2-14-3-9-17(10-4-14)21-19-22(11-12-23)18(13-24-19)15-5-7-16(20)8-6-15/h3-10,13,23H,2,11-12H2,1H3. The summed E-state index contributed by atoms with van der Waals surface area (Å²) in [5.41, 5.74) is 3.99. The zero-order chi connectivity index (χ0) is 16.9. The highest BCUT2D eigenvalue weighted by molar-refractivity contribution is 7.07. The molecule has 0 bridgehead atoms. The molecule has 0 saturated heterocycles. The molecule has 24 heavy (non-hydrogen) atoms. The van der Waals surface area contributed by atoms with E-state index in [-0.39, 0.29) is 12.4 Å². The first-order chi connectivity index (χ1) is 11.7. The number of hydrogen-bond acceptors (Lipinski definition) is 3. The molecule has 0 spiro atoms. The summed E-state index contributed by atoms with van der Waals surface area (Å²) >= 11 is 1.51. The van der Waals surface area contributed by atoms with Gasteiger partial charge in [0.2, 0.25) is 0 Å². The molecule has 0 aliphatic rings. The number of thiazole rings is 1. The van der Waals surface area contributed by atoms with Gasteiger partial charge in [-0.25, -0.2) is 9.38 Å². The van der Waals surface area contributed by atoms with E-state index in [1.54, 1.807) is 12.1 Å². The molecule has 0 amide bonds. The van der Waals surface area contributed by atoms with Crippen molar-refractivity contribution >= 4 is 17.0 Å². The first-order valence-electron chi connectivity index (χ1n) is 7.90. The largest absolute Gasteiger partial charge is 0.395 e. The number of aliphatic hydroxyl groups is 1. The highest BCUT2D eigenvalue weighted by atomic mass is 32.1. The molecule has 1 aromatic heterocycles. The van der Waals surface area contributed by atoms with E-state index in [0.717, 1.165) is 28.2 Å². The number of benzene rings is 2. The maximum absolute atomic E-state index is 13.1. The molecule has 5 heteroatoms. The zero-order valence-electron chi connectivity index (χ0n) is 13.4. The van der Waals surface area contributed by atoms with Crippen molar-refractivity contribution in [2.24, 2.45) is 4.99 Å². The van der Waals surface area contributed by atoms with Crippen LogP contribution in [0.25, 0.3) is 11.3 Å². The Hall–Kier alpha value is -2.24. The summed E-state index contributed by atoms with van der Waals surface area (Å²) in [5.74, 6) is -0.261. The molecule has 0 radical (unpaired) electrons. The first kappa shape index (κ1) is 16.6. The third kappa shape index (κ3) is 3.63. The molecule has 1 heterocycles. The van der Waals surface area contributed by atoms with Crippen molar-refractivity contribution in [3.63, 3.8) is 0 Å². The fourth-order valence-corrected chi connectivity index (χ4v) is 3.46. The van der Waals surface area contributed by atoms with Crippen LogP contribution in [-0.4, -0.2) is 16.3 Å². The minimum atomic E-state index is -0.261. The van der Waals surface area contributed by atoms with Crippen LogP contribution in [0.1, 0.15) is 12.5 Å². The molecule has 3 rings (SSSR count). The van der Waals surface area contributed by atoms with Crippen molar-refractivity contribution in [1.29, 1.82) is 0 Å². The molecule has 0 saturated carbocycles. The first-order valence-corrected chi connectivity index (χ1v) is 8.78. The summed E-state index contributed by atoms with van der Waals surface area (Å²) in [4.78, 5) is 5.51. The summed E-state index contributed by atoms with van der Waals surface area (Å²) in [6, 6.07) is 14.5. The van der Waals surface area contributed by atoms with Crippen LogP contribution in [-0.2, 0) is 13.0 Å². The van der Waals surface area contributed by atoms with Crippen molar-refractivity contribution < 1.29 is 9.50 Å².